The van der Waals surface area contributed by atoms with Crippen LogP contribution in [0.25, 0.3) is 5.53 Å². The lowest BCUT2D eigenvalue weighted by atomic mass is 10.2. The van der Waals surface area contributed by atoms with Crippen molar-refractivity contribution in [2.24, 2.45) is 5.84 Å². The molecule has 0 aliphatic carbocycles. The zero-order valence-electron chi connectivity index (χ0n) is 11.5. The summed E-state index contributed by atoms with van der Waals surface area (Å²) in [5, 5.41) is 0. The molecule has 0 spiro atoms. The van der Waals surface area contributed by atoms with Crippen molar-refractivity contribution in [3.05, 3.63) is 65.7 Å². The van der Waals surface area contributed by atoms with Gasteiger partial charge in [0.1, 0.15) is 0 Å². The highest BCUT2D eigenvalue weighted by Crippen LogP contribution is 2.23. The van der Waals surface area contributed by atoms with Crippen molar-refractivity contribution < 1.29 is 18.0 Å². The number of nitrogen functional groups attached to an aromatic ring is 1. The van der Waals surface area contributed by atoms with Gasteiger partial charge in [0.15, 0.2) is 0 Å². The molecule has 0 atom stereocenters. The lowest BCUT2D eigenvalue weighted by Gasteiger charge is -2.09. The molecule has 0 aromatic heterocycles. The minimum absolute atomic E-state index is 0.0221. The number of nitrogens with two attached hydrogens (primary N) is 1. The number of carbonyl (C=O) groups is 1. The number of sulfone groups is 1. The number of nitrogens with one attached hydrogen (secondary N) is 1. The predicted octanol–water partition coefficient (Wildman–Crippen LogP) is 1.04. The molecular formula is C14H14N4O3S. The average Bonchev–Trinajstić information content (AvgIpc) is 2.55. The van der Waals surface area contributed by atoms with Gasteiger partial charge in [-0.25, -0.2) is 14.3 Å². The number of benzene rings is 2. The first-order valence-corrected chi connectivity index (χ1v) is 7.47. The van der Waals surface area contributed by atoms with Gasteiger partial charge in [-0.15, -0.1) is 0 Å². The van der Waals surface area contributed by atoms with Crippen molar-refractivity contribution in [1.82, 2.24) is 5.43 Å². The van der Waals surface area contributed by atoms with Gasteiger partial charge in [0.05, 0.1) is 15.4 Å². The molecule has 0 bridgehead atoms. The molecule has 0 fully saturated rings. The van der Waals surface area contributed by atoms with Crippen LogP contribution in [0.1, 0.15) is 10.4 Å². The Morgan fingerprint density at radius 3 is 2.14 bits per heavy atom. The summed E-state index contributed by atoms with van der Waals surface area (Å²) in [5.74, 6) is 4.42. The molecule has 0 aliphatic rings. The summed E-state index contributed by atoms with van der Waals surface area (Å²) in [5.41, 5.74) is 9.05. The van der Waals surface area contributed by atoms with E-state index in [9.17, 15) is 13.2 Å². The molecule has 7 nitrogen and oxygen atoms in total. The van der Waals surface area contributed by atoms with Crippen LogP contribution in [-0.4, -0.2) is 25.8 Å². The highest BCUT2D eigenvalue weighted by atomic mass is 32.2. The third-order valence-corrected chi connectivity index (χ3v) is 4.43. The summed E-state index contributed by atoms with van der Waals surface area (Å²) in [6.45, 7) is 2.67. The van der Waals surface area contributed by atoms with E-state index in [1.165, 1.54) is 24.3 Å². The Morgan fingerprint density at radius 2 is 1.59 bits per heavy atom. The second kappa shape index (κ2) is 7.84. The lowest BCUT2D eigenvalue weighted by Crippen LogP contribution is -2.31. The first kappa shape index (κ1) is 17.3. The molecule has 22 heavy (non-hydrogen) atoms. The topological polar surface area (TPSA) is 126 Å². The Morgan fingerprint density at radius 1 is 1.09 bits per heavy atom. The van der Waals surface area contributed by atoms with E-state index < -0.39 is 15.7 Å². The van der Waals surface area contributed by atoms with Gasteiger partial charge in [-0.3, -0.25) is 10.2 Å². The number of carbonyl (C=O) groups excluding carboxylic acids is 1. The van der Waals surface area contributed by atoms with E-state index in [-0.39, 0.29) is 15.4 Å². The van der Waals surface area contributed by atoms with Crippen molar-refractivity contribution in [3.8, 4) is 0 Å². The summed E-state index contributed by atoms with van der Waals surface area (Å²) in [4.78, 5) is 13.9. The fourth-order valence-electron chi connectivity index (χ4n) is 1.69. The SMILES string of the molecule is C=[N+]=[N-].NNC(=O)c1ccccc1S(=O)(=O)c1ccccc1. The van der Waals surface area contributed by atoms with E-state index in [4.69, 9.17) is 11.4 Å². The molecule has 2 aromatic rings. The molecular weight excluding hydrogens is 304 g/mol. The molecule has 114 valence electrons. The third kappa shape index (κ3) is 3.86. The van der Waals surface area contributed by atoms with E-state index >= 15 is 0 Å². The van der Waals surface area contributed by atoms with E-state index in [1.54, 1.807) is 30.3 Å². The first-order chi connectivity index (χ1) is 10.5. The van der Waals surface area contributed by atoms with Crippen molar-refractivity contribution in [1.29, 1.82) is 0 Å². The van der Waals surface area contributed by atoms with Crippen LogP contribution in [0.15, 0.2) is 64.4 Å². The van der Waals surface area contributed by atoms with Gasteiger partial charge in [-0.2, -0.15) is 4.79 Å². The van der Waals surface area contributed by atoms with Crippen LogP contribution in [0.5, 0.6) is 0 Å². The maximum Gasteiger partial charge on any atom is 0.266 e. The fraction of sp³-hybridized carbons (Fsp3) is 0. The molecule has 0 aliphatic heterocycles. The average molecular weight is 318 g/mol. The summed E-state index contributed by atoms with van der Waals surface area (Å²) < 4.78 is 24.9. The second-order valence-corrected chi connectivity index (χ2v) is 5.85. The molecule has 0 saturated carbocycles. The summed E-state index contributed by atoms with van der Waals surface area (Å²) in [7, 11) is -3.74. The highest BCUT2D eigenvalue weighted by molar-refractivity contribution is 7.91. The first-order valence-electron chi connectivity index (χ1n) is 5.99. The van der Waals surface area contributed by atoms with Gasteiger partial charge < -0.3 is 5.53 Å². The number of hydrogen-bond donors (Lipinski definition) is 2. The van der Waals surface area contributed by atoms with Crippen molar-refractivity contribution in [2.75, 3.05) is 0 Å². The summed E-state index contributed by atoms with van der Waals surface area (Å²) in [6.07, 6.45) is 0. The smallest absolute Gasteiger partial charge is 0.266 e. The monoisotopic (exact) mass is 318 g/mol. The minimum atomic E-state index is -3.74. The Bertz CT molecular complexity index is 783. The van der Waals surface area contributed by atoms with Crippen LogP contribution >= 0.6 is 0 Å². The van der Waals surface area contributed by atoms with Gasteiger partial charge in [-0.1, -0.05) is 30.3 Å². The van der Waals surface area contributed by atoms with Crippen molar-refractivity contribution in [3.63, 3.8) is 0 Å². The summed E-state index contributed by atoms with van der Waals surface area (Å²) >= 11 is 0. The molecule has 0 radical (unpaired) electrons. The quantitative estimate of drug-likeness (QED) is 0.219. The third-order valence-electron chi connectivity index (χ3n) is 2.61. The lowest BCUT2D eigenvalue weighted by molar-refractivity contribution is 0.0110. The van der Waals surface area contributed by atoms with E-state index in [1.807, 2.05) is 5.43 Å². The number of hydrazine groups is 1. The molecule has 0 saturated heterocycles. The van der Waals surface area contributed by atoms with Crippen LogP contribution in [-0.2, 0) is 9.84 Å². The van der Waals surface area contributed by atoms with Gasteiger partial charge in [0.25, 0.3) is 5.91 Å². The fourth-order valence-corrected chi connectivity index (χ4v) is 3.17. The number of amides is 1. The Balaban J connectivity index is 0.000000745. The van der Waals surface area contributed by atoms with Crippen molar-refractivity contribution in [2.45, 2.75) is 9.79 Å². The van der Waals surface area contributed by atoms with Crippen LogP contribution in [0, 0.1) is 0 Å². The van der Waals surface area contributed by atoms with Gasteiger partial charge in [-0.05, 0) is 24.3 Å². The molecule has 1 amide bonds. The molecule has 2 rings (SSSR count). The molecule has 3 N–H and O–H groups in total. The maximum absolute atomic E-state index is 12.5. The summed E-state index contributed by atoms with van der Waals surface area (Å²) in [6, 6.07) is 13.9. The second-order valence-electron chi connectivity index (χ2n) is 3.93. The standard InChI is InChI=1S/C13H12N2O3S.CH2N2/c14-15-13(16)11-8-4-5-9-12(11)19(17,18)10-6-2-1-3-7-10;1-3-2/h1-9H,14H2,(H,15,16);1H2. The number of nitrogens with zero attached hydrogens (tertiary/aromatic N) is 2. The highest BCUT2D eigenvalue weighted by Gasteiger charge is 2.23. The van der Waals surface area contributed by atoms with Crippen LogP contribution in [0.2, 0.25) is 0 Å². The minimum Gasteiger partial charge on any atom is -0.362 e. The van der Waals surface area contributed by atoms with Crippen LogP contribution in [0.4, 0.5) is 0 Å². The van der Waals surface area contributed by atoms with Crippen LogP contribution in [0.3, 0.4) is 0 Å². The van der Waals surface area contributed by atoms with E-state index in [0.717, 1.165) is 0 Å². The number of rotatable bonds is 3. The van der Waals surface area contributed by atoms with Gasteiger partial charge in [0.2, 0.25) is 16.6 Å². The molecule has 0 unspecified atom stereocenters. The Labute approximate surface area is 127 Å². The molecule has 0 heterocycles. The van der Waals surface area contributed by atoms with Gasteiger partial charge in [0, 0.05) is 0 Å². The largest absolute Gasteiger partial charge is 0.362 e. The molecule has 8 heteroatoms. The maximum atomic E-state index is 12.5. The van der Waals surface area contributed by atoms with Gasteiger partial charge >= 0.3 is 0 Å². The molecule has 2 aromatic carbocycles. The predicted molar refractivity (Wildman–Crippen MR) is 80.7 cm³/mol. The normalized spacial score (nSPS) is 9.86. The van der Waals surface area contributed by atoms with Crippen molar-refractivity contribution >= 4 is 22.5 Å². The Hall–Kier alpha value is -2.80. The zero-order valence-corrected chi connectivity index (χ0v) is 12.3. The van der Waals surface area contributed by atoms with E-state index in [0.29, 0.717) is 0 Å². The Kier molecular flexibility index (Phi) is 6.15. The zero-order chi connectivity index (χ0) is 16.6. The van der Waals surface area contributed by atoms with E-state index in [2.05, 4.69) is 11.5 Å². The van der Waals surface area contributed by atoms with Crippen LogP contribution < -0.4 is 11.3 Å². The number of hydrogen-bond acceptors (Lipinski definition) is 4.